The Hall–Kier alpha value is -2.04. The van der Waals surface area contributed by atoms with Gasteiger partial charge in [-0.2, -0.15) is 0 Å². The van der Waals surface area contributed by atoms with Gasteiger partial charge < -0.3 is 10.1 Å². The minimum absolute atomic E-state index is 0.138. The van der Waals surface area contributed by atoms with E-state index in [4.69, 9.17) is 4.74 Å². The van der Waals surface area contributed by atoms with Crippen LogP contribution in [0.4, 0.5) is 10.5 Å². The van der Waals surface area contributed by atoms with E-state index in [0.29, 0.717) is 19.6 Å². The molecule has 23 heavy (non-hydrogen) atoms. The molecule has 1 aromatic carbocycles. The number of aryl methyl sites for hydroxylation is 2. The number of nitrogens with one attached hydrogen (secondary N) is 1. The lowest BCUT2D eigenvalue weighted by Gasteiger charge is -2.24. The van der Waals surface area contributed by atoms with Crippen LogP contribution in [-0.4, -0.2) is 36.1 Å². The van der Waals surface area contributed by atoms with Gasteiger partial charge in [-0.15, -0.1) is 0 Å². The highest BCUT2D eigenvalue weighted by atomic mass is 16.6. The van der Waals surface area contributed by atoms with Crippen LogP contribution in [0.2, 0.25) is 0 Å². The van der Waals surface area contributed by atoms with Crippen LogP contribution in [0.3, 0.4) is 0 Å². The molecule has 1 aliphatic rings. The number of rotatable bonds is 4. The van der Waals surface area contributed by atoms with E-state index in [1.54, 1.807) is 4.90 Å². The smallest absolute Gasteiger partial charge is 0.410 e. The first-order chi connectivity index (χ1) is 10.9. The lowest BCUT2D eigenvalue weighted by atomic mass is 10.1. The van der Waals surface area contributed by atoms with Crippen molar-refractivity contribution >= 4 is 17.7 Å². The average molecular weight is 318 g/mol. The molecule has 1 heterocycles. The summed E-state index contributed by atoms with van der Waals surface area (Å²) >= 11 is 0. The number of ether oxygens (including phenoxy) is 1. The molecule has 1 atom stereocenters. The molecule has 0 radical (unpaired) electrons. The van der Waals surface area contributed by atoms with Gasteiger partial charge in [-0.1, -0.05) is 32.0 Å². The summed E-state index contributed by atoms with van der Waals surface area (Å²) in [5.41, 5.74) is 2.87. The second-order valence-corrected chi connectivity index (χ2v) is 6.58. The predicted octanol–water partition coefficient (Wildman–Crippen LogP) is 3.50. The van der Waals surface area contributed by atoms with E-state index in [2.05, 4.69) is 5.32 Å². The van der Waals surface area contributed by atoms with E-state index >= 15 is 0 Å². The Balaban J connectivity index is 2.04. The molecule has 126 valence electrons. The van der Waals surface area contributed by atoms with E-state index in [-0.39, 0.29) is 11.8 Å². The monoisotopic (exact) mass is 318 g/mol. The Morgan fingerprint density at radius 2 is 1.96 bits per heavy atom. The molecule has 0 bridgehead atoms. The number of hydrogen-bond acceptors (Lipinski definition) is 3. The number of para-hydroxylation sites is 1. The van der Waals surface area contributed by atoms with Crippen molar-refractivity contribution in [3.63, 3.8) is 0 Å². The number of amides is 2. The lowest BCUT2D eigenvalue weighted by Crippen LogP contribution is -2.43. The summed E-state index contributed by atoms with van der Waals surface area (Å²) in [4.78, 5) is 26.3. The van der Waals surface area contributed by atoms with Gasteiger partial charge >= 0.3 is 6.09 Å². The largest absolute Gasteiger partial charge is 0.449 e. The summed E-state index contributed by atoms with van der Waals surface area (Å²) in [6.07, 6.45) is 1.10. The summed E-state index contributed by atoms with van der Waals surface area (Å²) in [6, 6.07) is 5.44. The zero-order chi connectivity index (χ0) is 17.0. The summed E-state index contributed by atoms with van der Waals surface area (Å²) in [5, 5.41) is 2.98. The Morgan fingerprint density at radius 1 is 1.30 bits per heavy atom. The van der Waals surface area contributed by atoms with Crippen LogP contribution >= 0.6 is 0 Å². The molecule has 5 nitrogen and oxygen atoms in total. The van der Waals surface area contributed by atoms with Crippen LogP contribution in [0, 0.1) is 19.8 Å². The van der Waals surface area contributed by atoms with E-state index in [1.165, 1.54) is 0 Å². The van der Waals surface area contributed by atoms with Crippen LogP contribution in [-0.2, 0) is 9.53 Å². The number of likely N-dealkylation sites (tertiary alicyclic amines) is 1. The van der Waals surface area contributed by atoms with Crippen LogP contribution in [0.5, 0.6) is 0 Å². The molecule has 0 unspecified atom stereocenters. The zero-order valence-corrected chi connectivity index (χ0v) is 14.4. The molecule has 1 N–H and O–H groups in total. The normalized spacial score (nSPS) is 17.4. The number of hydrogen-bond donors (Lipinski definition) is 1. The van der Waals surface area contributed by atoms with Crippen LogP contribution < -0.4 is 5.32 Å². The molecule has 0 saturated carbocycles. The van der Waals surface area contributed by atoms with Crippen molar-refractivity contribution in [2.24, 2.45) is 5.92 Å². The minimum Gasteiger partial charge on any atom is -0.449 e. The second-order valence-electron chi connectivity index (χ2n) is 6.58. The molecule has 1 saturated heterocycles. The van der Waals surface area contributed by atoms with Gasteiger partial charge in [0.25, 0.3) is 0 Å². The average Bonchev–Trinajstić information content (AvgIpc) is 2.98. The molecule has 2 rings (SSSR count). The summed E-state index contributed by atoms with van der Waals surface area (Å²) in [6.45, 7) is 8.85. The molecule has 1 aliphatic heterocycles. The van der Waals surface area contributed by atoms with Gasteiger partial charge in [0.2, 0.25) is 5.91 Å². The van der Waals surface area contributed by atoms with Gasteiger partial charge in [-0.3, -0.25) is 9.69 Å². The number of carbonyl (C=O) groups is 2. The van der Waals surface area contributed by atoms with Gasteiger partial charge in [0.1, 0.15) is 6.04 Å². The van der Waals surface area contributed by atoms with Crippen molar-refractivity contribution in [3.8, 4) is 0 Å². The lowest BCUT2D eigenvalue weighted by molar-refractivity contribution is -0.120. The minimum atomic E-state index is -0.450. The molecule has 2 amide bonds. The first-order valence-electron chi connectivity index (χ1n) is 8.20. The Bertz CT molecular complexity index is 563. The van der Waals surface area contributed by atoms with Crippen LogP contribution in [0.15, 0.2) is 18.2 Å². The maximum Gasteiger partial charge on any atom is 0.410 e. The molecule has 5 heteroatoms. The third-order valence-electron chi connectivity index (χ3n) is 4.06. The van der Waals surface area contributed by atoms with E-state index in [9.17, 15) is 9.59 Å². The van der Waals surface area contributed by atoms with Crippen molar-refractivity contribution in [2.45, 2.75) is 46.6 Å². The summed E-state index contributed by atoms with van der Waals surface area (Å²) in [7, 11) is 0. The van der Waals surface area contributed by atoms with Gasteiger partial charge in [0.05, 0.1) is 6.61 Å². The number of carbonyl (C=O) groups excluding carboxylic acids is 2. The number of benzene rings is 1. The van der Waals surface area contributed by atoms with Gasteiger partial charge in [0.15, 0.2) is 0 Å². The first-order valence-corrected chi connectivity index (χ1v) is 8.20. The van der Waals surface area contributed by atoms with Gasteiger partial charge in [-0.05, 0) is 43.7 Å². The summed E-state index contributed by atoms with van der Waals surface area (Å²) < 4.78 is 5.27. The summed E-state index contributed by atoms with van der Waals surface area (Å²) in [5.74, 6) is 0.143. The highest BCUT2D eigenvalue weighted by molar-refractivity contribution is 5.98. The fraction of sp³-hybridized carbons (Fsp3) is 0.556. The molecule has 1 fully saturated rings. The van der Waals surface area contributed by atoms with Gasteiger partial charge in [0, 0.05) is 12.2 Å². The van der Waals surface area contributed by atoms with Crippen LogP contribution in [0.1, 0.15) is 37.8 Å². The molecule has 1 aromatic rings. The first kappa shape index (κ1) is 17.3. The van der Waals surface area contributed by atoms with Gasteiger partial charge in [-0.25, -0.2) is 4.79 Å². The third kappa shape index (κ3) is 4.24. The predicted molar refractivity (Wildman–Crippen MR) is 90.5 cm³/mol. The van der Waals surface area contributed by atoms with E-state index < -0.39 is 12.1 Å². The van der Waals surface area contributed by atoms with Crippen molar-refractivity contribution in [3.05, 3.63) is 29.3 Å². The fourth-order valence-electron chi connectivity index (χ4n) is 2.80. The molecular formula is C18H26N2O3. The Labute approximate surface area is 138 Å². The molecule has 0 spiro atoms. The highest BCUT2D eigenvalue weighted by Gasteiger charge is 2.35. The Kier molecular flexibility index (Phi) is 5.64. The molecule has 0 aromatic heterocycles. The van der Waals surface area contributed by atoms with Crippen LogP contribution in [0.25, 0.3) is 0 Å². The van der Waals surface area contributed by atoms with Crippen molar-refractivity contribution < 1.29 is 14.3 Å². The Morgan fingerprint density at radius 3 is 2.57 bits per heavy atom. The molecular weight excluding hydrogens is 292 g/mol. The van der Waals surface area contributed by atoms with E-state index in [0.717, 1.165) is 23.2 Å². The maximum absolute atomic E-state index is 12.6. The standard InChI is InChI=1S/C18H26N2O3/c1-12(2)11-23-18(22)20-10-6-9-15(20)17(21)19-16-13(3)7-5-8-14(16)4/h5,7-8,12,15H,6,9-11H2,1-4H3,(H,19,21)/t15-/m1/s1. The maximum atomic E-state index is 12.6. The van der Waals surface area contributed by atoms with Crippen molar-refractivity contribution in [1.82, 2.24) is 4.90 Å². The zero-order valence-electron chi connectivity index (χ0n) is 14.4. The fourth-order valence-corrected chi connectivity index (χ4v) is 2.80. The van der Waals surface area contributed by atoms with Crippen molar-refractivity contribution in [1.29, 1.82) is 0 Å². The highest BCUT2D eigenvalue weighted by Crippen LogP contribution is 2.23. The molecule has 0 aliphatic carbocycles. The second kappa shape index (κ2) is 7.49. The topological polar surface area (TPSA) is 58.6 Å². The number of anilines is 1. The third-order valence-corrected chi connectivity index (χ3v) is 4.06. The van der Waals surface area contributed by atoms with Crippen molar-refractivity contribution in [2.75, 3.05) is 18.5 Å². The quantitative estimate of drug-likeness (QED) is 0.924. The number of nitrogens with zero attached hydrogens (tertiary/aromatic N) is 1. The SMILES string of the molecule is Cc1cccc(C)c1NC(=O)[C@H]1CCCN1C(=O)OCC(C)C. The van der Waals surface area contributed by atoms with E-state index in [1.807, 2.05) is 45.9 Å².